The summed E-state index contributed by atoms with van der Waals surface area (Å²) < 4.78 is 3.86. The van der Waals surface area contributed by atoms with Crippen LogP contribution in [0.4, 0.5) is 0 Å². The Hall–Kier alpha value is -2.73. The van der Waals surface area contributed by atoms with Gasteiger partial charge in [0.2, 0.25) is 10.5 Å². The number of aromatic amines is 1. The lowest BCUT2D eigenvalue weighted by Gasteiger charge is -2.12. The number of hydrogen-bond acceptors (Lipinski definition) is 3. The Bertz CT molecular complexity index is 1140. The Morgan fingerprint density at radius 1 is 1.09 bits per heavy atom. The average molecular weight is 308 g/mol. The minimum absolute atomic E-state index is 0.105. The smallest absolute Gasteiger partial charge is 0.267 e. The summed E-state index contributed by atoms with van der Waals surface area (Å²) in [5.74, 6) is 0.489. The van der Waals surface area contributed by atoms with Gasteiger partial charge in [-0.25, -0.2) is 9.67 Å². The van der Waals surface area contributed by atoms with Gasteiger partial charge in [0, 0.05) is 0 Å². The number of para-hydroxylation sites is 2. The van der Waals surface area contributed by atoms with Crippen LogP contribution in [-0.4, -0.2) is 19.2 Å². The van der Waals surface area contributed by atoms with Crippen LogP contribution in [0.25, 0.3) is 22.4 Å². The topological polar surface area (TPSA) is 55.1 Å². The number of H-pyrrole nitrogens is 1. The Balaban J connectivity index is 2.33. The van der Waals surface area contributed by atoms with E-state index in [1.807, 2.05) is 49.4 Å². The number of nitrogens with one attached hydrogen (secondary N) is 1. The van der Waals surface area contributed by atoms with E-state index in [4.69, 9.17) is 12.2 Å². The van der Waals surface area contributed by atoms with Crippen molar-refractivity contribution < 1.29 is 0 Å². The summed E-state index contributed by atoms with van der Waals surface area (Å²) in [6.45, 7) is 1.97. The summed E-state index contributed by atoms with van der Waals surface area (Å²) in [6.07, 6.45) is 0. The van der Waals surface area contributed by atoms with Crippen LogP contribution >= 0.6 is 12.2 Å². The summed E-state index contributed by atoms with van der Waals surface area (Å²) in [4.78, 5) is 13.0. The Morgan fingerprint density at radius 3 is 2.64 bits per heavy atom. The minimum Gasteiger partial charge on any atom is -0.268 e. The van der Waals surface area contributed by atoms with Crippen molar-refractivity contribution in [3.63, 3.8) is 0 Å². The second-order valence-corrected chi connectivity index (χ2v) is 5.50. The standard InChI is InChI=1S/C16H12N4OS/c1-10-6-2-4-8-12(10)19-14(21)11-7-3-5-9-13(11)20-15(19)17-18-16(20)22/h2-9H,1H3,(H,18,22). The molecule has 0 radical (unpaired) electrons. The minimum atomic E-state index is -0.105. The van der Waals surface area contributed by atoms with Gasteiger partial charge < -0.3 is 0 Å². The molecule has 0 saturated heterocycles. The molecule has 4 rings (SSSR count). The van der Waals surface area contributed by atoms with E-state index in [-0.39, 0.29) is 5.56 Å². The van der Waals surface area contributed by atoms with Gasteiger partial charge in [0.05, 0.1) is 16.6 Å². The van der Waals surface area contributed by atoms with Crippen LogP contribution in [-0.2, 0) is 0 Å². The Kier molecular flexibility index (Phi) is 2.74. The van der Waals surface area contributed by atoms with Crippen molar-refractivity contribution in [3.05, 3.63) is 69.2 Å². The fourth-order valence-electron chi connectivity index (χ4n) is 2.75. The van der Waals surface area contributed by atoms with Crippen LogP contribution in [0.3, 0.4) is 0 Å². The van der Waals surface area contributed by atoms with Crippen molar-refractivity contribution >= 4 is 28.9 Å². The van der Waals surface area contributed by atoms with E-state index in [0.717, 1.165) is 16.8 Å². The maximum Gasteiger partial charge on any atom is 0.267 e. The highest BCUT2D eigenvalue weighted by Gasteiger charge is 2.15. The third kappa shape index (κ3) is 1.67. The molecule has 6 heteroatoms. The van der Waals surface area contributed by atoms with Crippen LogP contribution in [0.15, 0.2) is 53.3 Å². The van der Waals surface area contributed by atoms with Gasteiger partial charge in [0.1, 0.15) is 0 Å². The molecule has 0 fully saturated rings. The lowest BCUT2D eigenvalue weighted by atomic mass is 10.2. The van der Waals surface area contributed by atoms with Crippen molar-refractivity contribution in [2.24, 2.45) is 0 Å². The molecular formula is C16H12N4OS. The van der Waals surface area contributed by atoms with Gasteiger partial charge in [-0.1, -0.05) is 30.3 Å². The molecule has 0 amide bonds. The molecule has 22 heavy (non-hydrogen) atoms. The first-order chi connectivity index (χ1) is 10.7. The van der Waals surface area contributed by atoms with Crippen LogP contribution in [0, 0.1) is 11.7 Å². The molecule has 0 aliphatic rings. The van der Waals surface area contributed by atoms with E-state index >= 15 is 0 Å². The van der Waals surface area contributed by atoms with Crippen LogP contribution in [0.2, 0.25) is 0 Å². The first-order valence-electron chi connectivity index (χ1n) is 6.85. The highest BCUT2D eigenvalue weighted by molar-refractivity contribution is 7.71. The second kappa shape index (κ2) is 4.64. The van der Waals surface area contributed by atoms with Gasteiger partial charge in [0.15, 0.2) is 0 Å². The first kappa shape index (κ1) is 13.0. The molecular weight excluding hydrogens is 296 g/mol. The number of aromatic nitrogens is 4. The van der Waals surface area contributed by atoms with Crippen LogP contribution in [0.1, 0.15) is 5.56 Å². The zero-order valence-electron chi connectivity index (χ0n) is 11.8. The number of benzene rings is 2. The highest BCUT2D eigenvalue weighted by atomic mass is 32.1. The summed E-state index contributed by atoms with van der Waals surface area (Å²) >= 11 is 5.33. The van der Waals surface area contributed by atoms with Crippen LogP contribution in [0.5, 0.6) is 0 Å². The maximum absolute atomic E-state index is 13.0. The summed E-state index contributed by atoms with van der Waals surface area (Å²) in [5, 5.41) is 7.64. The van der Waals surface area contributed by atoms with Gasteiger partial charge >= 0.3 is 0 Å². The third-order valence-corrected chi connectivity index (χ3v) is 4.06. The summed E-state index contributed by atoms with van der Waals surface area (Å²) in [5.41, 5.74) is 2.45. The number of hydrogen-bond donors (Lipinski definition) is 1. The van der Waals surface area contributed by atoms with Gasteiger partial charge in [-0.05, 0) is 42.9 Å². The fourth-order valence-corrected chi connectivity index (χ4v) is 2.97. The molecule has 0 bridgehead atoms. The molecule has 2 heterocycles. The molecule has 5 nitrogen and oxygen atoms in total. The monoisotopic (exact) mass is 308 g/mol. The quantitative estimate of drug-likeness (QED) is 0.550. The Labute approximate surface area is 130 Å². The van der Waals surface area contributed by atoms with Crippen molar-refractivity contribution in [2.75, 3.05) is 0 Å². The maximum atomic E-state index is 13.0. The van der Waals surface area contributed by atoms with E-state index in [1.54, 1.807) is 15.0 Å². The molecule has 0 atom stereocenters. The molecule has 1 N–H and O–H groups in total. The van der Waals surface area contributed by atoms with E-state index < -0.39 is 0 Å². The fraction of sp³-hybridized carbons (Fsp3) is 0.0625. The lowest BCUT2D eigenvalue weighted by molar-refractivity contribution is 0.957. The largest absolute Gasteiger partial charge is 0.268 e. The van der Waals surface area contributed by atoms with Gasteiger partial charge in [-0.3, -0.25) is 9.20 Å². The number of fused-ring (bicyclic) bond motifs is 3. The number of aryl methyl sites for hydroxylation is 1. The molecule has 0 aliphatic carbocycles. The third-order valence-electron chi connectivity index (χ3n) is 3.79. The molecule has 2 aromatic carbocycles. The Morgan fingerprint density at radius 2 is 1.82 bits per heavy atom. The first-order valence-corrected chi connectivity index (χ1v) is 7.26. The second-order valence-electron chi connectivity index (χ2n) is 5.11. The van der Waals surface area contributed by atoms with Crippen LogP contribution < -0.4 is 5.56 Å². The van der Waals surface area contributed by atoms with Crippen molar-refractivity contribution in [1.29, 1.82) is 0 Å². The van der Waals surface area contributed by atoms with Crippen molar-refractivity contribution in [2.45, 2.75) is 6.92 Å². The lowest BCUT2D eigenvalue weighted by Crippen LogP contribution is -2.22. The number of rotatable bonds is 1. The van der Waals surface area contributed by atoms with Gasteiger partial charge in [-0.2, -0.15) is 0 Å². The summed E-state index contributed by atoms with van der Waals surface area (Å²) in [6, 6.07) is 15.1. The normalized spacial score (nSPS) is 11.3. The van der Waals surface area contributed by atoms with E-state index in [2.05, 4.69) is 10.2 Å². The van der Waals surface area contributed by atoms with Gasteiger partial charge in [-0.15, -0.1) is 5.10 Å². The van der Waals surface area contributed by atoms with E-state index in [9.17, 15) is 4.79 Å². The molecule has 4 aromatic rings. The van der Waals surface area contributed by atoms with E-state index in [0.29, 0.717) is 15.9 Å². The van der Waals surface area contributed by atoms with Crippen molar-refractivity contribution in [1.82, 2.24) is 19.2 Å². The zero-order valence-corrected chi connectivity index (χ0v) is 12.6. The van der Waals surface area contributed by atoms with Gasteiger partial charge in [0.25, 0.3) is 5.56 Å². The highest BCUT2D eigenvalue weighted by Crippen LogP contribution is 2.18. The molecule has 2 aromatic heterocycles. The van der Waals surface area contributed by atoms with E-state index in [1.165, 1.54) is 0 Å². The zero-order chi connectivity index (χ0) is 15.3. The molecule has 0 aliphatic heterocycles. The predicted molar refractivity (Wildman–Crippen MR) is 88.2 cm³/mol. The average Bonchev–Trinajstić information content (AvgIpc) is 2.91. The predicted octanol–water partition coefficient (Wildman–Crippen LogP) is 3.00. The molecule has 0 unspecified atom stereocenters. The molecule has 0 spiro atoms. The SMILES string of the molecule is Cc1ccccc1-n1c(=O)c2ccccc2n2c(=S)[nH]nc12. The van der Waals surface area contributed by atoms with Crippen molar-refractivity contribution in [3.8, 4) is 5.69 Å². The summed E-state index contributed by atoms with van der Waals surface area (Å²) in [7, 11) is 0. The number of nitrogens with zero attached hydrogens (tertiary/aromatic N) is 3. The molecule has 0 saturated carbocycles. The molecule has 108 valence electrons.